The van der Waals surface area contributed by atoms with E-state index in [1.807, 2.05) is 82.0 Å². The van der Waals surface area contributed by atoms with Crippen LogP contribution in [-0.4, -0.2) is 47.9 Å². The fraction of sp³-hybridized carbons (Fsp3) is 0.441. The molecule has 0 bridgehead atoms. The minimum atomic E-state index is -0.460. The highest BCUT2D eigenvalue weighted by Gasteiger charge is 2.30. The molecule has 1 fully saturated rings. The second-order valence-corrected chi connectivity index (χ2v) is 10.7. The molecule has 0 aromatic heterocycles. The van der Waals surface area contributed by atoms with Crippen LogP contribution in [0.3, 0.4) is 0 Å². The number of hydrogen-bond acceptors (Lipinski definition) is 4. The van der Waals surface area contributed by atoms with E-state index in [0.29, 0.717) is 5.92 Å². The molecule has 0 saturated carbocycles. The van der Waals surface area contributed by atoms with E-state index < -0.39 is 5.60 Å². The van der Waals surface area contributed by atoms with Gasteiger partial charge in [0.2, 0.25) is 0 Å². The number of rotatable bonds is 9. The Morgan fingerprint density at radius 3 is 2.23 bits per heavy atom. The normalized spacial score (nSPS) is 15.1. The third-order valence-electron chi connectivity index (χ3n) is 5.77. The fourth-order valence-corrected chi connectivity index (χ4v) is 4.11. The van der Waals surface area contributed by atoms with Crippen LogP contribution in [0.5, 0.6) is 0 Å². The first-order valence-electron chi connectivity index (χ1n) is 14.3. The Kier molecular flexibility index (Phi) is 17.5. The average molecular weight is 569 g/mol. The van der Waals surface area contributed by atoms with E-state index in [4.69, 9.17) is 21.4 Å². The molecule has 5 nitrogen and oxygen atoms in total. The van der Waals surface area contributed by atoms with E-state index in [2.05, 4.69) is 54.3 Å². The molecule has 6 heteroatoms. The number of nitrogens with zero attached hydrogens (tertiary/aromatic N) is 2. The van der Waals surface area contributed by atoms with Gasteiger partial charge in [0.05, 0.1) is 6.61 Å². The van der Waals surface area contributed by atoms with Crippen molar-refractivity contribution < 1.29 is 14.6 Å². The van der Waals surface area contributed by atoms with Gasteiger partial charge in [0.25, 0.3) is 0 Å². The number of likely N-dealkylation sites (tertiary alicyclic amines) is 1. The van der Waals surface area contributed by atoms with E-state index in [9.17, 15) is 4.79 Å². The molecule has 220 valence electrons. The number of benzene rings is 2. The Morgan fingerprint density at radius 2 is 1.65 bits per heavy atom. The second kappa shape index (κ2) is 19.9. The van der Waals surface area contributed by atoms with Crippen LogP contribution in [0, 0.1) is 5.92 Å². The summed E-state index contributed by atoms with van der Waals surface area (Å²) in [6, 6.07) is 18.4. The zero-order valence-corrected chi connectivity index (χ0v) is 26.0. The maximum atomic E-state index is 12.4. The molecule has 2 aromatic rings. The molecular weight excluding hydrogens is 520 g/mol. The minimum Gasteiger partial charge on any atom is -0.444 e. The molecule has 3 rings (SSSR count). The van der Waals surface area contributed by atoms with Gasteiger partial charge in [-0.2, -0.15) is 0 Å². The standard InChI is InChI=1S/C23H29ClN2O2.C9H14O.C2H6/c1-23(2,3)28-22(27)25-14-13-19(16-25)17-26(15-18-7-5-4-6-8-18)21-11-9-20(24)10-12-21;1-2-3-4-5-6-7-8-9-10;1-2/h4-12,19H,13-17H2,1-3H3;3-8,10H,2,9H2,1H3;1-2H3/b;4-3-,6-5-,8-7+;/t19-;;/m0../s1. The number of aliphatic hydroxyl groups excluding tert-OH is 1. The lowest BCUT2D eigenvalue weighted by atomic mass is 10.1. The molecule has 1 N–H and O–H groups in total. The van der Waals surface area contributed by atoms with Gasteiger partial charge in [-0.3, -0.25) is 0 Å². The zero-order chi connectivity index (χ0) is 29.8. The third-order valence-corrected chi connectivity index (χ3v) is 6.02. The van der Waals surface area contributed by atoms with Crippen molar-refractivity contribution in [2.24, 2.45) is 5.92 Å². The number of anilines is 1. The molecule has 1 aliphatic rings. The monoisotopic (exact) mass is 568 g/mol. The SMILES string of the molecule is CC.CC(C)(C)OC(=O)N1CC[C@H](CN(Cc2ccccc2)c2ccc(Cl)cc2)C1.CC\C=C/C=C\C=C\CO. The maximum Gasteiger partial charge on any atom is 0.410 e. The van der Waals surface area contributed by atoms with Gasteiger partial charge < -0.3 is 19.6 Å². The largest absolute Gasteiger partial charge is 0.444 e. The van der Waals surface area contributed by atoms with E-state index in [1.165, 1.54) is 5.56 Å². The highest BCUT2D eigenvalue weighted by Crippen LogP contribution is 2.25. The minimum absolute atomic E-state index is 0.113. The van der Waals surface area contributed by atoms with E-state index in [-0.39, 0.29) is 12.7 Å². The second-order valence-electron chi connectivity index (χ2n) is 10.3. The summed E-state index contributed by atoms with van der Waals surface area (Å²) in [5, 5.41) is 9.07. The molecule has 0 aliphatic carbocycles. The Bertz CT molecular complexity index is 1010. The van der Waals surface area contributed by atoms with Gasteiger partial charge in [-0.1, -0.05) is 99.2 Å². The number of ether oxygens (including phenoxy) is 1. The van der Waals surface area contributed by atoms with Gasteiger partial charge in [0.15, 0.2) is 0 Å². The van der Waals surface area contributed by atoms with E-state index >= 15 is 0 Å². The first-order chi connectivity index (χ1) is 19.2. The summed E-state index contributed by atoms with van der Waals surface area (Å²) in [6.45, 7) is 15.1. The molecule has 2 aromatic carbocycles. The Morgan fingerprint density at radius 1 is 1.02 bits per heavy atom. The first kappa shape index (κ1) is 35.0. The number of amides is 1. The molecule has 1 amide bonds. The summed E-state index contributed by atoms with van der Waals surface area (Å²) in [7, 11) is 0. The van der Waals surface area contributed by atoms with Crippen LogP contribution in [0.4, 0.5) is 10.5 Å². The van der Waals surface area contributed by atoms with Crippen LogP contribution < -0.4 is 4.90 Å². The highest BCUT2D eigenvalue weighted by molar-refractivity contribution is 6.30. The van der Waals surface area contributed by atoms with Crippen molar-refractivity contribution in [3.05, 3.63) is 102 Å². The van der Waals surface area contributed by atoms with Crippen LogP contribution in [-0.2, 0) is 11.3 Å². The fourth-order valence-electron chi connectivity index (χ4n) is 3.98. The maximum absolute atomic E-state index is 12.4. The summed E-state index contributed by atoms with van der Waals surface area (Å²) in [6.07, 6.45) is 13.2. The summed E-state index contributed by atoms with van der Waals surface area (Å²) in [5.74, 6) is 0.409. The third kappa shape index (κ3) is 14.9. The van der Waals surface area contributed by atoms with Gasteiger partial charge in [-0.25, -0.2) is 4.79 Å². The topological polar surface area (TPSA) is 53.0 Å². The number of aliphatic hydroxyl groups is 1. The summed E-state index contributed by atoms with van der Waals surface area (Å²) < 4.78 is 5.53. The molecule has 0 spiro atoms. The van der Waals surface area contributed by atoms with Crippen LogP contribution in [0.15, 0.2) is 91.1 Å². The predicted octanol–water partition coefficient (Wildman–Crippen LogP) is 8.69. The summed E-state index contributed by atoms with van der Waals surface area (Å²) >= 11 is 6.08. The molecule has 40 heavy (non-hydrogen) atoms. The zero-order valence-electron chi connectivity index (χ0n) is 25.2. The molecule has 0 unspecified atom stereocenters. The Balaban J connectivity index is 0.000000565. The average Bonchev–Trinajstić information content (AvgIpc) is 3.41. The number of halogens is 1. The van der Waals surface area contributed by atoms with Crippen LogP contribution >= 0.6 is 11.6 Å². The van der Waals surface area contributed by atoms with Crippen molar-refractivity contribution in [1.29, 1.82) is 0 Å². The Labute approximate surface area is 247 Å². The number of allylic oxidation sites excluding steroid dienone is 5. The summed E-state index contributed by atoms with van der Waals surface area (Å²) in [4.78, 5) is 16.6. The highest BCUT2D eigenvalue weighted by atomic mass is 35.5. The van der Waals surface area contributed by atoms with Crippen molar-refractivity contribution in [1.82, 2.24) is 4.90 Å². The van der Waals surface area contributed by atoms with Gasteiger partial charge in [0, 0.05) is 36.9 Å². The number of carbonyl (C=O) groups excluding carboxylic acids is 1. The van der Waals surface area contributed by atoms with Crippen molar-refractivity contribution in [3.63, 3.8) is 0 Å². The summed E-state index contributed by atoms with van der Waals surface area (Å²) in [5.41, 5.74) is 1.95. The van der Waals surface area contributed by atoms with Gasteiger partial charge in [0.1, 0.15) is 5.60 Å². The van der Waals surface area contributed by atoms with Crippen molar-refractivity contribution in [3.8, 4) is 0 Å². The number of carbonyl (C=O) groups is 1. The first-order valence-corrected chi connectivity index (χ1v) is 14.7. The van der Waals surface area contributed by atoms with E-state index in [0.717, 1.165) is 49.7 Å². The van der Waals surface area contributed by atoms with Crippen LogP contribution in [0.2, 0.25) is 5.02 Å². The molecule has 1 heterocycles. The van der Waals surface area contributed by atoms with E-state index in [1.54, 1.807) is 6.08 Å². The molecule has 1 aliphatic heterocycles. The smallest absolute Gasteiger partial charge is 0.410 e. The van der Waals surface area contributed by atoms with Gasteiger partial charge >= 0.3 is 6.09 Å². The molecular formula is C34H49ClN2O3. The van der Waals surface area contributed by atoms with Gasteiger partial charge in [-0.15, -0.1) is 0 Å². The molecule has 0 radical (unpaired) electrons. The molecule has 1 atom stereocenters. The number of hydrogen-bond donors (Lipinski definition) is 1. The lowest BCUT2D eigenvalue weighted by Crippen LogP contribution is -2.36. The lowest BCUT2D eigenvalue weighted by molar-refractivity contribution is 0.0288. The van der Waals surface area contributed by atoms with Crippen molar-refractivity contribution >= 4 is 23.4 Å². The predicted molar refractivity (Wildman–Crippen MR) is 171 cm³/mol. The van der Waals surface area contributed by atoms with Crippen LogP contribution in [0.1, 0.15) is 59.9 Å². The van der Waals surface area contributed by atoms with Crippen LogP contribution in [0.25, 0.3) is 0 Å². The van der Waals surface area contributed by atoms with Gasteiger partial charge in [-0.05, 0) is 69.4 Å². The lowest BCUT2D eigenvalue weighted by Gasteiger charge is -2.28. The quantitative estimate of drug-likeness (QED) is 0.307. The Hall–Kier alpha value is -3.02. The van der Waals surface area contributed by atoms with Crippen molar-refractivity contribution in [2.75, 3.05) is 31.1 Å². The molecule has 1 saturated heterocycles. The van der Waals surface area contributed by atoms with Crippen molar-refractivity contribution in [2.45, 2.75) is 66.5 Å².